The molecule has 1 N–H and O–H groups in total. The van der Waals surface area contributed by atoms with E-state index in [4.69, 9.17) is 0 Å². The highest BCUT2D eigenvalue weighted by atomic mass is 16.2. The third kappa shape index (κ3) is 2.53. The predicted molar refractivity (Wildman–Crippen MR) is 99.9 cm³/mol. The number of amides is 1. The molecule has 1 saturated carbocycles. The van der Waals surface area contributed by atoms with Crippen molar-refractivity contribution in [3.05, 3.63) is 54.5 Å². The first kappa shape index (κ1) is 15.4. The quantitative estimate of drug-likeness (QED) is 0.790. The van der Waals surface area contributed by atoms with Crippen molar-refractivity contribution in [2.45, 2.75) is 24.8 Å². The van der Waals surface area contributed by atoms with Gasteiger partial charge in [-0.2, -0.15) is 0 Å². The van der Waals surface area contributed by atoms with E-state index in [9.17, 15) is 4.79 Å². The van der Waals surface area contributed by atoms with E-state index in [1.165, 1.54) is 0 Å². The number of carbonyl (C=O) groups is 1. The summed E-state index contributed by atoms with van der Waals surface area (Å²) in [6, 6.07) is 12.0. The van der Waals surface area contributed by atoms with Gasteiger partial charge >= 0.3 is 0 Å². The van der Waals surface area contributed by atoms with Gasteiger partial charge in [-0.25, -0.2) is 9.97 Å². The van der Waals surface area contributed by atoms with Crippen molar-refractivity contribution in [1.29, 1.82) is 0 Å². The third-order valence-electron chi connectivity index (χ3n) is 5.61. The number of anilines is 1. The maximum atomic E-state index is 12.9. The summed E-state index contributed by atoms with van der Waals surface area (Å²) in [7, 11) is 0. The lowest BCUT2D eigenvalue weighted by molar-refractivity contribution is -0.134. The van der Waals surface area contributed by atoms with Gasteiger partial charge in [0.15, 0.2) is 0 Å². The average Bonchev–Trinajstić information content (AvgIpc) is 3.24. The van der Waals surface area contributed by atoms with Crippen LogP contribution in [0.15, 0.2) is 48.9 Å². The number of aromatic nitrogens is 3. The summed E-state index contributed by atoms with van der Waals surface area (Å²) in [6.45, 7) is 2.41. The van der Waals surface area contributed by atoms with Gasteiger partial charge in [0.1, 0.15) is 17.8 Å². The molecule has 0 atom stereocenters. The van der Waals surface area contributed by atoms with Crippen LogP contribution in [-0.4, -0.2) is 50.9 Å². The number of H-pyrrole nitrogens is 1. The van der Waals surface area contributed by atoms with E-state index < -0.39 is 0 Å². The molecule has 6 heteroatoms. The van der Waals surface area contributed by atoms with Crippen molar-refractivity contribution >= 4 is 22.8 Å². The highest BCUT2D eigenvalue weighted by Crippen LogP contribution is 2.45. The lowest BCUT2D eigenvalue weighted by Crippen LogP contribution is -2.57. The van der Waals surface area contributed by atoms with Crippen molar-refractivity contribution in [3.63, 3.8) is 0 Å². The molecule has 0 unspecified atom stereocenters. The first-order chi connectivity index (χ1) is 12.8. The molecule has 3 heterocycles. The zero-order valence-corrected chi connectivity index (χ0v) is 14.6. The Hall–Kier alpha value is -2.89. The van der Waals surface area contributed by atoms with E-state index >= 15 is 0 Å². The molecule has 3 aromatic rings. The number of hydrogen-bond donors (Lipinski definition) is 1. The van der Waals surface area contributed by atoms with Gasteiger partial charge in [-0.05, 0) is 24.5 Å². The Bertz CT molecular complexity index is 947. The molecule has 2 fully saturated rings. The van der Waals surface area contributed by atoms with Gasteiger partial charge in [0.05, 0.1) is 17.3 Å². The molecule has 132 valence electrons. The van der Waals surface area contributed by atoms with Crippen molar-refractivity contribution < 1.29 is 4.79 Å². The number of nitrogens with one attached hydrogen (secondary N) is 1. The molecule has 2 aromatic heterocycles. The molecule has 5 rings (SSSR count). The van der Waals surface area contributed by atoms with E-state index in [1.807, 2.05) is 42.6 Å². The molecule has 1 saturated heterocycles. The van der Waals surface area contributed by atoms with Gasteiger partial charge < -0.3 is 14.8 Å². The van der Waals surface area contributed by atoms with Gasteiger partial charge in [0.25, 0.3) is 0 Å². The zero-order valence-electron chi connectivity index (χ0n) is 14.6. The van der Waals surface area contributed by atoms with Crippen LogP contribution in [0.5, 0.6) is 0 Å². The Kier molecular flexibility index (Phi) is 3.45. The van der Waals surface area contributed by atoms with E-state index in [-0.39, 0.29) is 11.4 Å². The van der Waals surface area contributed by atoms with Crippen LogP contribution in [-0.2, 0) is 11.2 Å². The van der Waals surface area contributed by atoms with Crippen LogP contribution in [0.1, 0.15) is 18.4 Å². The number of carbonyl (C=O) groups excluding carboxylic acids is 1. The van der Waals surface area contributed by atoms with E-state index in [0.717, 1.165) is 54.9 Å². The summed E-state index contributed by atoms with van der Waals surface area (Å²) in [4.78, 5) is 29.3. The molecule has 1 spiro atoms. The average molecular weight is 347 g/mol. The summed E-state index contributed by atoms with van der Waals surface area (Å²) in [5, 5.41) is 1.05. The van der Waals surface area contributed by atoms with E-state index in [1.54, 1.807) is 6.33 Å². The minimum absolute atomic E-state index is 0.0162. The summed E-state index contributed by atoms with van der Waals surface area (Å²) >= 11 is 0. The second-order valence-corrected chi connectivity index (χ2v) is 7.29. The number of nitrogens with zero attached hydrogens (tertiary/aromatic N) is 4. The minimum atomic E-state index is -0.0162. The maximum Gasteiger partial charge on any atom is 0.227 e. The number of fused-ring (bicyclic) bond motifs is 1. The molecule has 1 aromatic carbocycles. The molecular formula is C20H21N5O. The largest absolute Gasteiger partial charge is 0.352 e. The van der Waals surface area contributed by atoms with Crippen LogP contribution < -0.4 is 4.90 Å². The molecular weight excluding hydrogens is 326 g/mol. The van der Waals surface area contributed by atoms with Crippen molar-refractivity contribution in [2.24, 2.45) is 0 Å². The fourth-order valence-electron chi connectivity index (χ4n) is 4.10. The normalized spacial score (nSPS) is 18.5. The molecule has 26 heavy (non-hydrogen) atoms. The Morgan fingerprint density at radius 2 is 1.96 bits per heavy atom. The van der Waals surface area contributed by atoms with Gasteiger partial charge in [0, 0.05) is 25.8 Å². The maximum absolute atomic E-state index is 12.9. The Balaban J connectivity index is 1.36. The van der Waals surface area contributed by atoms with Gasteiger partial charge in [-0.15, -0.1) is 0 Å². The Morgan fingerprint density at radius 3 is 2.77 bits per heavy atom. The number of aromatic amines is 1. The lowest BCUT2D eigenvalue weighted by Gasteiger charge is -2.43. The zero-order chi connectivity index (χ0) is 17.6. The second-order valence-electron chi connectivity index (χ2n) is 7.29. The van der Waals surface area contributed by atoms with Crippen LogP contribution in [0.4, 0.5) is 5.82 Å². The fourth-order valence-corrected chi connectivity index (χ4v) is 4.10. The number of benzene rings is 1. The van der Waals surface area contributed by atoms with Crippen LogP contribution in [0.25, 0.3) is 11.0 Å². The Morgan fingerprint density at radius 1 is 1.12 bits per heavy atom. The number of piperazine rings is 1. The monoisotopic (exact) mass is 347 g/mol. The van der Waals surface area contributed by atoms with E-state index in [2.05, 4.69) is 24.8 Å². The second kappa shape index (κ2) is 5.83. The minimum Gasteiger partial charge on any atom is -0.352 e. The standard InChI is InChI=1S/C20H21N5O/c26-17(12-15-4-2-1-3-5-15)25-11-10-24(13-20(25)7-8-20)19-16-6-9-21-18(16)22-14-23-19/h1-6,9,14H,7-8,10-13H2,(H,21,22,23). The van der Waals surface area contributed by atoms with Crippen molar-refractivity contribution in [2.75, 3.05) is 24.5 Å². The first-order valence-corrected chi connectivity index (χ1v) is 9.13. The molecule has 1 amide bonds. The highest BCUT2D eigenvalue weighted by Gasteiger charge is 2.53. The van der Waals surface area contributed by atoms with Crippen LogP contribution in [0.2, 0.25) is 0 Å². The fraction of sp³-hybridized carbons (Fsp3) is 0.350. The SMILES string of the molecule is O=C(Cc1ccccc1)N1CCN(c2ncnc3[nH]ccc23)CC12CC2. The Labute approximate surface area is 151 Å². The molecule has 2 aliphatic rings. The van der Waals surface area contributed by atoms with E-state index in [0.29, 0.717) is 6.42 Å². The molecule has 0 bridgehead atoms. The van der Waals surface area contributed by atoms with Crippen LogP contribution in [0.3, 0.4) is 0 Å². The first-order valence-electron chi connectivity index (χ1n) is 9.13. The van der Waals surface area contributed by atoms with Crippen molar-refractivity contribution in [3.8, 4) is 0 Å². The highest BCUT2D eigenvalue weighted by molar-refractivity contribution is 5.87. The predicted octanol–water partition coefficient (Wildman–Crippen LogP) is 2.38. The number of hydrogen-bond acceptors (Lipinski definition) is 4. The summed E-state index contributed by atoms with van der Waals surface area (Å²) < 4.78 is 0. The van der Waals surface area contributed by atoms with Crippen LogP contribution >= 0.6 is 0 Å². The van der Waals surface area contributed by atoms with Gasteiger partial charge in [-0.1, -0.05) is 30.3 Å². The molecule has 1 aliphatic carbocycles. The van der Waals surface area contributed by atoms with Gasteiger partial charge in [-0.3, -0.25) is 4.79 Å². The van der Waals surface area contributed by atoms with Crippen molar-refractivity contribution in [1.82, 2.24) is 19.9 Å². The lowest BCUT2D eigenvalue weighted by atomic mass is 10.1. The summed E-state index contributed by atoms with van der Waals surface area (Å²) in [6.07, 6.45) is 6.14. The molecule has 6 nitrogen and oxygen atoms in total. The summed E-state index contributed by atoms with van der Waals surface area (Å²) in [5.74, 6) is 1.21. The molecule has 1 aliphatic heterocycles. The smallest absolute Gasteiger partial charge is 0.227 e. The topological polar surface area (TPSA) is 65.1 Å². The number of rotatable bonds is 3. The molecule has 0 radical (unpaired) electrons. The van der Waals surface area contributed by atoms with Gasteiger partial charge in [0.2, 0.25) is 5.91 Å². The van der Waals surface area contributed by atoms with Crippen LogP contribution in [0, 0.1) is 0 Å². The third-order valence-corrected chi connectivity index (χ3v) is 5.61. The summed E-state index contributed by atoms with van der Waals surface area (Å²) in [5.41, 5.74) is 1.93.